The predicted octanol–water partition coefficient (Wildman–Crippen LogP) is 1.20. The molecule has 1 aromatic carbocycles. The number of carbonyl (C=O) groups is 1. The minimum Gasteiger partial charge on any atom is -0.507 e. The summed E-state index contributed by atoms with van der Waals surface area (Å²) in [6, 6.07) is 4.60. The second kappa shape index (κ2) is 5.51. The molecule has 0 fully saturated rings. The predicted molar refractivity (Wildman–Crippen MR) is 61.5 cm³/mol. The molecule has 0 spiro atoms. The summed E-state index contributed by atoms with van der Waals surface area (Å²) < 4.78 is 0. The molecule has 0 aliphatic heterocycles. The van der Waals surface area contributed by atoms with Crippen LogP contribution in [-0.2, 0) is 0 Å². The molecule has 3 N–H and O–H groups in total. The lowest BCUT2D eigenvalue weighted by Crippen LogP contribution is -2.36. The first-order chi connectivity index (χ1) is 7.58. The Balaban J connectivity index is 2.80. The third-order valence-electron chi connectivity index (χ3n) is 2.45. The van der Waals surface area contributed by atoms with Gasteiger partial charge in [0.25, 0.3) is 5.91 Å². The van der Waals surface area contributed by atoms with E-state index in [2.05, 4.69) is 5.32 Å². The monoisotopic (exact) mass is 223 g/mol. The Morgan fingerprint density at radius 1 is 1.50 bits per heavy atom. The molecule has 0 radical (unpaired) electrons. The number of carbonyl (C=O) groups excluding carboxylic acids is 1. The van der Waals surface area contributed by atoms with Crippen LogP contribution in [0, 0.1) is 6.92 Å². The van der Waals surface area contributed by atoms with Crippen molar-refractivity contribution in [2.24, 2.45) is 0 Å². The molecule has 88 valence electrons. The van der Waals surface area contributed by atoms with Gasteiger partial charge in [-0.3, -0.25) is 4.79 Å². The maximum Gasteiger partial charge on any atom is 0.255 e. The number of benzene rings is 1. The first kappa shape index (κ1) is 12.5. The van der Waals surface area contributed by atoms with Crippen LogP contribution < -0.4 is 5.32 Å². The fraction of sp³-hybridized carbons (Fsp3) is 0.417. The highest BCUT2D eigenvalue weighted by atomic mass is 16.3. The van der Waals surface area contributed by atoms with Gasteiger partial charge in [-0.25, -0.2) is 0 Å². The van der Waals surface area contributed by atoms with Gasteiger partial charge in [-0.1, -0.05) is 13.0 Å². The molecule has 1 rings (SSSR count). The molecule has 0 aliphatic carbocycles. The molecule has 0 unspecified atom stereocenters. The van der Waals surface area contributed by atoms with E-state index in [1.807, 2.05) is 13.8 Å². The number of phenols is 1. The second-order valence-electron chi connectivity index (χ2n) is 3.78. The quantitative estimate of drug-likeness (QED) is 0.718. The van der Waals surface area contributed by atoms with Gasteiger partial charge in [-0.15, -0.1) is 0 Å². The number of aliphatic hydroxyl groups is 1. The van der Waals surface area contributed by atoms with Gasteiger partial charge in [0.05, 0.1) is 18.2 Å². The number of nitrogens with one attached hydrogen (secondary N) is 1. The van der Waals surface area contributed by atoms with Gasteiger partial charge in [0, 0.05) is 0 Å². The molecule has 16 heavy (non-hydrogen) atoms. The SMILES string of the molecule is CC[C@H](CO)NC(=O)c1ccc(C)cc1O. The summed E-state index contributed by atoms with van der Waals surface area (Å²) in [7, 11) is 0. The van der Waals surface area contributed by atoms with E-state index in [1.165, 1.54) is 6.07 Å². The maximum absolute atomic E-state index is 11.7. The molecule has 1 aromatic rings. The zero-order valence-corrected chi connectivity index (χ0v) is 9.53. The molecule has 1 atom stereocenters. The summed E-state index contributed by atoms with van der Waals surface area (Å²) in [4.78, 5) is 11.7. The summed E-state index contributed by atoms with van der Waals surface area (Å²) in [6.45, 7) is 3.61. The molecule has 4 nitrogen and oxygen atoms in total. The largest absolute Gasteiger partial charge is 0.507 e. The molecule has 4 heteroatoms. The van der Waals surface area contributed by atoms with E-state index in [4.69, 9.17) is 5.11 Å². The lowest BCUT2D eigenvalue weighted by atomic mass is 10.1. The summed E-state index contributed by atoms with van der Waals surface area (Å²) in [5.41, 5.74) is 1.13. The van der Waals surface area contributed by atoms with Crippen molar-refractivity contribution in [3.8, 4) is 5.75 Å². The fourth-order valence-electron chi connectivity index (χ4n) is 1.37. The highest BCUT2D eigenvalue weighted by molar-refractivity contribution is 5.97. The van der Waals surface area contributed by atoms with E-state index < -0.39 is 0 Å². The minimum absolute atomic E-state index is 0.0368. The third-order valence-corrected chi connectivity index (χ3v) is 2.45. The van der Waals surface area contributed by atoms with Crippen LogP contribution in [0.5, 0.6) is 5.75 Å². The van der Waals surface area contributed by atoms with Gasteiger partial charge in [0.15, 0.2) is 0 Å². The number of rotatable bonds is 4. The van der Waals surface area contributed by atoms with Gasteiger partial charge >= 0.3 is 0 Å². The Hall–Kier alpha value is -1.55. The summed E-state index contributed by atoms with van der Waals surface area (Å²) in [6.07, 6.45) is 0.648. The Bertz CT molecular complexity index is 373. The van der Waals surface area contributed by atoms with E-state index in [1.54, 1.807) is 12.1 Å². The average molecular weight is 223 g/mol. The molecule has 0 bridgehead atoms. The Labute approximate surface area is 94.9 Å². The van der Waals surface area contributed by atoms with E-state index in [9.17, 15) is 9.90 Å². The topological polar surface area (TPSA) is 69.6 Å². The van der Waals surface area contributed by atoms with Crippen molar-refractivity contribution in [1.29, 1.82) is 0 Å². The molecule has 0 aromatic heterocycles. The first-order valence-electron chi connectivity index (χ1n) is 5.29. The third kappa shape index (κ3) is 2.97. The number of amides is 1. The summed E-state index contributed by atoms with van der Waals surface area (Å²) >= 11 is 0. The minimum atomic E-state index is -0.363. The van der Waals surface area contributed by atoms with Crippen LogP contribution in [-0.4, -0.2) is 28.8 Å². The van der Waals surface area contributed by atoms with Gasteiger partial charge in [0.2, 0.25) is 0 Å². The van der Waals surface area contributed by atoms with Crippen molar-refractivity contribution in [3.63, 3.8) is 0 Å². The van der Waals surface area contributed by atoms with Gasteiger partial charge in [-0.2, -0.15) is 0 Å². The highest BCUT2D eigenvalue weighted by Gasteiger charge is 2.14. The molecule has 1 amide bonds. The molecule has 0 heterocycles. The number of aryl methyl sites for hydroxylation is 1. The summed E-state index contributed by atoms with van der Waals surface area (Å²) in [5, 5.41) is 21.2. The maximum atomic E-state index is 11.7. The van der Waals surface area contributed by atoms with Crippen LogP contribution in [0.1, 0.15) is 29.3 Å². The van der Waals surface area contributed by atoms with Crippen LogP contribution in [0.15, 0.2) is 18.2 Å². The van der Waals surface area contributed by atoms with Crippen molar-refractivity contribution in [1.82, 2.24) is 5.32 Å². The van der Waals surface area contributed by atoms with Crippen molar-refractivity contribution >= 4 is 5.91 Å². The van der Waals surface area contributed by atoms with Gasteiger partial charge in [-0.05, 0) is 31.0 Å². The molecular formula is C12H17NO3. The van der Waals surface area contributed by atoms with Gasteiger partial charge in [0.1, 0.15) is 5.75 Å². The lowest BCUT2D eigenvalue weighted by molar-refractivity contribution is 0.0912. The van der Waals surface area contributed by atoms with Crippen LogP contribution in [0.4, 0.5) is 0 Å². The van der Waals surface area contributed by atoms with Crippen LogP contribution in [0.3, 0.4) is 0 Å². The van der Waals surface area contributed by atoms with Crippen molar-refractivity contribution < 1.29 is 15.0 Å². The van der Waals surface area contributed by atoms with E-state index in [-0.39, 0.29) is 29.9 Å². The molecule has 0 saturated carbocycles. The molecular weight excluding hydrogens is 206 g/mol. The fourth-order valence-corrected chi connectivity index (χ4v) is 1.37. The molecule has 0 saturated heterocycles. The molecule has 0 aliphatic rings. The van der Waals surface area contributed by atoms with E-state index in [0.717, 1.165) is 5.56 Å². The Morgan fingerprint density at radius 3 is 2.69 bits per heavy atom. The first-order valence-corrected chi connectivity index (χ1v) is 5.29. The standard InChI is InChI=1S/C12H17NO3/c1-3-9(7-14)13-12(16)10-5-4-8(2)6-11(10)15/h4-6,9,14-15H,3,7H2,1-2H3,(H,13,16)/t9-/m1/s1. The number of hydrogen-bond acceptors (Lipinski definition) is 3. The number of hydrogen-bond donors (Lipinski definition) is 3. The van der Waals surface area contributed by atoms with Crippen molar-refractivity contribution in [3.05, 3.63) is 29.3 Å². The van der Waals surface area contributed by atoms with Crippen LogP contribution >= 0.6 is 0 Å². The zero-order valence-electron chi connectivity index (χ0n) is 9.53. The number of phenolic OH excluding ortho intramolecular Hbond substituents is 1. The highest BCUT2D eigenvalue weighted by Crippen LogP contribution is 2.18. The zero-order chi connectivity index (χ0) is 12.1. The van der Waals surface area contributed by atoms with Crippen molar-refractivity contribution in [2.45, 2.75) is 26.3 Å². The van der Waals surface area contributed by atoms with Crippen LogP contribution in [0.2, 0.25) is 0 Å². The second-order valence-corrected chi connectivity index (χ2v) is 3.78. The Morgan fingerprint density at radius 2 is 2.19 bits per heavy atom. The van der Waals surface area contributed by atoms with E-state index in [0.29, 0.717) is 6.42 Å². The summed E-state index contributed by atoms with van der Waals surface area (Å²) in [5.74, 6) is -0.399. The average Bonchev–Trinajstić information content (AvgIpc) is 2.25. The Kier molecular flexibility index (Phi) is 4.31. The smallest absolute Gasteiger partial charge is 0.255 e. The number of aromatic hydroxyl groups is 1. The normalized spacial score (nSPS) is 12.2. The van der Waals surface area contributed by atoms with Crippen LogP contribution in [0.25, 0.3) is 0 Å². The van der Waals surface area contributed by atoms with Crippen molar-refractivity contribution in [2.75, 3.05) is 6.61 Å². The number of aliphatic hydroxyl groups excluding tert-OH is 1. The van der Waals surface area contributed by atoms with Gasteiger partial charge < -0.3 is 15.5 Å². The lowest BCUT2D eigenvalue weighted by Gasteiger charge is -2.14. The van der Waals surface area contributed by atoms with E-state index >= 15 is 0 Å².